The molecule has 0 aliphatic rings. The lowest BCUT2D eigenvalue weighted by atomic mass is 10.1. The summed E-state index contributed by atoms with van der Waals surface area (Å²) in [6.45, 7) is 9.05. The van der Waals surface area contributed by atoms with Crippen molar-refractivity contribution in [3.63, 3.8) is 0 Å². The molecule has 2 atom stereocenters. The van der Waals surface area contributed by atoms with Gasteiger partial charge in [-0.2, -0.15) is 0 Å². The van der Waals surface area contributed by atoms with Gasteiger partial charge in [0.1, 0.15) is 12.4 Å². The third-order valence-electron chi connectivity index (χ3n) is 4.84. The first-order valence-corrected chi connectivity index (χ1v) is 9.98. The monoisotopic (exact) mass is 370 g/mol. The molecule has 1 heterocycles. The highest BCUT2D eigenvalue weighted by atomic mass is 15.3. The minimum Gasteiger partial charge on any atom is -0.354 e. The maximum atomic E-state index is 4.77. The lowest BCUT2D eigenvalue weighted by Crippen LogP contribution is -2.43. The van der Waals surface area contributed by atoms with Crippen molar-refractivity contribution in [3.05, 3.63) is 47.5 Å². The molecule has 2 aromatic rings. The molecule has 0 saturated carbocycles. The first-order chi connectivity index (χ1) is 13.0. The Kier molecular flexibility index (Phi) is 8.30. The molecule has 2 N–H and O–H groups in total. The third kappa shape index (κ3) is 6.70. The van der Waals surface area contributed by atoms with Crippen molar-refractivity contribution in [2.75, 3.05) is 0 Å². The first kappa shape index (κ1) is 20.9. The Morgan fingerprint density at radius 1 is 1.11 bits per heavy atom. The van der Waals surface area contributed by atoms with Crippen LogP contribution < -0.4 is 10.6 Å². The smallest absolute Gasteiger partial charge is 0.192 e. The summed E-state index contributed by atoms with van der Waals surface area (Å²) in [6, 6.07) is 11.0. The van der Waals surface area contributed by atoms with Gasteiger partial charge in [0.2, 0.25) is 0 Å². The van der Waals surface area contributed by atoms with Gasteiger partial charge in [0.05, 0.1) is 6.04 Å². The van der Waals surface area contributed by atoms with Gasteiger partial charge < -0.3 is 15.2 Å². The van der Waals surface area contributed by atoms with Crippen LogP contribution in [0.5, 0.6) is 0 Å². The van der Waals surface area contributed by atoms with Crippen LogP contribution in [0, 0.1) is 6.92 Å². The molecule has 0 fully saturated rings. The molecule has 6 heteroatoms. The van der Waals surface area contributed by atoms with E-state index in [4.69, 9.17) is 4.99 Å². The Balaban J connectivity index is 2.07. The van der Waals surface area contributed by atoms with E-state index in [2.05, 4.69) is 65.9 Å². The largest absolute Gasteiger partial charge is 0.354 e. The molecule has 0 saturated heterocycles. The molecular weight excluding hydrogens is 336 g/mol. The van der Waals surface area contributed by atoms with Crippen LogP contribution in [0.25, 0.3) is 0 Å². The Morgan fingerprint density at radius 2 is 1.85 bits per heavy atom. The topological polar surface area (TPSA) is 67.1 Å². The minimum atomic E-state index is 0.168. The minimum absolute atomic E-state index is 0.168. The van der Waals surface area contributed by atoms with E-state index in [1.54, 1.807) is 0 Å². The maximum absolute atomic E-state index is 4.77. The summed E-state index contributed by atoms with van der Waals surface area (Å²) >= 11 is 0. The molecular formula is C21H34N6. The molecule has 0 amide bonds. The number of hydrogen-bond acceptors (Lipinski definition) is 3. The van der Waals surface area contributed by atoms with Crippen LogP contribution in [0.2, 0.25) is 0 Å². The normalized spacial score (nSPS) is 14.0. The number of benzene rings is 1. The summed E-state index contributed by atoms with van der Waals surface area (Å²) < 4.78 is 1.98. The van der Waals surface area contributed by atoms with Gasteiger partial charge in [-0.05, 0) is 32.8 Å². The summed E-state index contributed by atoms with van der Waals surface area (Å²) in [6.07, 6.45) is 4.87. The zero-order valence-corrected chi connectivity index (χ0v) is 17.4. The van der Waals surface area contributed by atoms with Gasteiger partial charge in [-0.25, -0.2) is 4.99 Å². The van der Waals surface area contributed by atoms with E-state index in [1.807, 2.05) is 24.6 Å². The first-order valence-electron chi connectivity index (χ1n) is 9.98. The van der Waals surface area contributed by atoms with Crippen molar-refractivity contribution in [3.8, 4) is 0 Å². The average molecular weight is 371 g/mol. The van der Waals surface area contributed by atoms with Crippen molar-refractivity contribution in [1.82, 2.24) is 25.4 Å². The van der Waals surface area contributed by atoms with Gasteiger partial charge in [0.25, 0.3) is 0 Å². The Morgan fingerprint density at radius 3 is 2.48 bits per heavy atom. The van der Waals surface area contributed by atoms with Gasteiger partial charge >= 0.3 is 0 Å². The molecule has 0 aliphatic heterocycles. The molecule has 2 rings (SSSR count). The lowest BCUT2D eigenvalue weighted by Gasteiger charge is -2.22. The number of unbranched alkanes of at least 4 members (excludes halogenated alkanes) is 2. The molecule has 148 valence electrons. The van der Waals surface area contributed by atoms with Crippen molar-refractivity contribution in [2.45, 2.75) is 72.0 Å². The Labute approximate surface area is 163 Å². The highest BCUT2D eigenvalue weighted by Gasteiger charge is 2.11. The van der Waals surface area contributed by atoms with E-state index in [0.717, 1.165) is 24.0 Å². The molecule has 0 aliphatic carbocycles. The third-order valence-corrected chi connectivity index (χ3v) is 4.84. The van der Waals surface area contributed by atoms with Crippen LogP contribution >= 0.6 is 0 Å². The van der Waals surface area contributed by atoms with Crippen LogP contribution in [0.4, 0.5) is 0 Å². The molecule has 0 bridgehead atoms. The Bertz CT molecular complexity index is 707. The molecule has 0 radical (unpaired) electrons. The zero-order valence-electron chi connectivity index (χ0n) is 17.4. The Hall–Kier alpha value is -2.37. The summed E-state index contributed by atoms with van der Waals surface area (Å²) in [5.74, 6) is 2.57. The number of nitrogens with zero attached hydrogens (tertiary/aromatic N) is 4. The molecule has 0 spiro atoms. The van der Waals surface area contributed by atoms with Crippen LogP contribution in [-0.2, 0) is 13.6 Å². The maximum Gasteiger partial charge on any atom is 0.192 e. The molecule has 27 heavy (non-hydrogen) atoms. The SMILES string of the molecule is CCCCCC(C)NC(=NCc1nnc(C)n1C)NC(C)c1ccccc1. The lowest BCUT2D eigenvalue weighted by molar-refractivity contribution is 0.539. The fourth-order valence-electron chi connectivity index (χ4n) is 2.91. The van der Waals surface area contributed by atoms with E-state index in [9.17, 15) is 0 Å². The predicted molar refractivity (Wildman–Crippen MR) is 112 cm³/mol. The average Bonchev–Trinajstić information content (AvgIpc) is 2.99. The second kappa shape index (κ2) is 10.7. The van der Waals surface area contributed by atoms with Gasteiger partial charge in [-0.15, -0.1) is 10.2 Å². The molecule has 1 aromatic heterocycles. The van der Waals surface area contributed by atoms with Crippen molar-refractivity contribution in [2.24, 2.45) is 12.0 Å². The van der Waals surface area contributed by atoms with Crippen LogP contribution in [-0.4, -0.2) is 26.8 Å². The van der Waals surface area contributed by atoms with Crippen LogP contribution in [0.3, 0.4) is 0 Å². The number of rotatable bonds is 9. The predicted octanol–water partition coefficient (Wildman–Crippen LogP) is 3.89. The fraction of sp³-hybridized carbons (Fsp3) is 0.571. The highest BCUT2D eigenvalue weighted by molar-refractivity contribution is 5.80. The van der Waals surface area contributed by atoms with Crippen LogP contribution in [0.1, 0.15) is 69.7 Å². The van der Waals surface area contributed by atoms with Crippen molar-refractivity contribution in [1.29, 1.82) is 0 Å². The van der Waals surface area contributed by atoms with E-state index in [-0.39, 0.29) is 6.04 Å². The van der Waals surface area contributed by atoms with E-state index in [0.29, 0.717) is 12.6 Å². The molecule has 6 nitrogen and oxygen atoms in total. The van der Waals surface area contributed by atoms with Gasteiger partial charge in [0, 0.05) is 13.1 Å². The van der Waals surface area contributed by atoms with Gasteiger partial charge in [-0.3, -0.25) is 0 Å². The van der Waals surface area contributed by atoms with Crippen molar-refractivity contribution < 1.29 is 0 Å². The number of aromatic nitrogens is 3. The van der Waals surface area contributed by atoms with E-state index in [1.165, 1.54) is 24.8 Å². The van der Waals surface area contributed by atoms with Crippen molar-refractivity contribution >= 4 is 5.96 Å². The van der Waals surface area contributed by atoms with E-state index < -0.39 is 0 Å². The number of nitrogens with one attached hydrogen (secondary N) is 2. The summed E-state index contributed by atoms with van der Waals surface area (Å²) in [5.41, 5.74) is 1.24. The molecule has 2 unspecified atom stereocenters. The second-order valence-electron chi connectivity index (χ2n) is 7.21. The van der Waals surface area contributed by atoms with Crippen LogP contribution in [0.15, 0.2) is 35.3 Å². The van der Waals surface area contributed by atoms with E-state index >= 15 is 0 Å². The summed E-state index contributed by atoms with van der Waals surface area (Å²) in [5, 5.41) is 15.4. The highest BCUT2D eigenvalue weighted by Crippen LogP contribution is 2.11. The standard InChI is InChI=1S/C21H34N6/c1-6-7-9-12-16(2)23-21(22-15-20-26-25-18(4)27(20)5)24-17(3)19-13-10-8-11-14-19/h8,10-11,13-14,16-17H,6-7,9,12,15H2,1-5H3,(H2,22,23,24). The number of guanidine groups is 1. The molecule has 1 aromatic carbocycles. The number of aryl methyl sites for hydroxylation is 1. The number of hydrogen-bond donors (Lipinski definition) is 2. The van der Waals surface area contributed by atoms with Gasteiger partial charge in [-0.1, -0.05) is 56.5 Å². The fourth-order valence-corrected chi connectivity index (χ4v) is 2.91. The second-order valence-corrected chi connectivity index (χ2v) is 7.21. The summed E-state index contributed by atoms with van der Waals surface area (Å²) in [4.78, 5) is 4.77. The quantitative estimate of drug-likeness (QED) is 0.399. The zero-order chi connectivity index (χ0) is 19.6. The summed E-state index contributed by atoms with van der Waals surface area (Å²) in [7, 11) is 1.97. The van der Waals surface area contributed by atoms with Gasteiger partial charge in [0.15, 0.2) is 11.8 Å². The number of aliphatic imine (C=N–C) groups is 1.